The highest BCUT2D eigenvalue weighted by atomic mass is 79.9. The van der Waals surface area contributed by atoms with Crippen LogP contribution in [0.1, 0.15) is 20.8 Å². The van der Waals surface area contributed by atoms with Gasteiger partial charge in [0.2, 0.25) is 10.0 Å². The summed E-state index contributed by atoms with van der Waals surface area (Å²) in [4.78, 5) is 0. The van der Waals surface area contributed by atoms with Crippen molar-refractivity contribution in [1.29, 1.82) is 0 Å². The van der Waals surface area contributed by atoms with Gasteiger partial charge in [0, 0.05) is 25.2 Å². The number of rotatable bonds is 4. The number of hydrogen-bond donors (Lipinski definition) is 1. The molecule has 0 aromatic heterocycles. The minimum Gasteiger partial charge on any atom is -0.379 e. The van der Waals surface area contributed by atoms with Crippen molar-refractivity contribution in [2.75, 3.05) is 32.8 Å². The smallest absolute Gasteiger partial charge is 0.228 e. The summed E-state index contributed by atoms with van der Waals surface area (Å²) in [5.41, 5.74) is -0.0907. The van der Waals surface area contributed by atoms with E-state index in [1.807, 2.05) is 20.8 Å². The van der Waals surface area contributed by atoms with E-state index in [-0.39, 0.29) is 5.54 Å². The Balaban J connectivity index is 2.56. The Morgan fingerprint density at radius 2 is 1.88 bits per heavy atom. The minimum atomic E-state index is -3.28. The Morgan fingerprint density at radius 1 is 1.35 bits per heavy atom. The zero-order valence-electron chi connectivity index (χ0n) is 10.6. The van der Waals surface area contributed by atoms with Crippen LogP contribution in [0.3, 0.4) is 0 Å². The molecule has 5 nitrogen and oxygen atoms in total. The molecule has 1 N–H and O–H groups in total. The van der Waals surface area contributed by atoms with Gasteiger partial charge in [0.1, 0.15) is 4.16 Å². The molecule has 0 radical (unpaired) electrons. The summed E-state index contributed by atoms with van der Waals surface area (Å²) in [5, 5.41) is 3.18. The van der Waals surface area contributed by atoms with Crippen LogP contribution in [0.2, 0.25) is 0 Å². The molecule has 0 saturated carbocycles. The maximum atomic E-state index is 12.2. The second kappa shape index (κ2) is 5.97. The molecule has 1 aliphatic rings. The number of sulfonamides is 1. The van der Waals surface area contributed by atoms with Crippen molar-refractivity contribution in [3.05, 3.63) is 0 Å². The second-order valence-corrected chi connectivity index (χ2v) is 8.92. The predicted molar refractivity (Wildman–Crippen MR) is 71.8 cm³/mol. The fourth-order valence-corrected chi connectivity index (χ4v) is 3.60. The van der Waals surface area contributed by atoms with Gasteiger partial charge in [-0.1, -0.05) is 15.9 Å². The van der Waals surface area contributed by atoms with E-state index in [9.17, 15) is 8.42 Å². The fourth-order valence-electron chi connectivity index (χ4n) is 1.45. The predicted octanol–water partition coefficient (Wildman–Crippen LogP) is 0.757. The van der Waals surface area contributed by atoms with E-state index in [1.165, 1.54) is 4.31 Å². The maximum Gasteiger partial charge on any atom is 0.228 e. The van der Waals surface area contributed by atoms with Crippen LogP contribution in [0.4, 0.5) is 0 Å². The Hall–Kier alpha value is 0.310. The monoisotopic (exact) mass is 328 g/mol. The lowest BCUT2D eigenvalue weighted by atomic mass is 10.1. The molecule has 0 aliphatic carbocycles. The summed E-state index contributed by atoms with van der Waals surface area (Å²) < 4.78 is 30.4. The van der Waals surface area contributed by atoms with E-state index in [1.54, 1.807) is 0 Å². The molecule has 1 aliphatic heterocycles. The Morgan fingerprint density at radius 3 is 2.35 bits per heavy atom. The molecule has 1 saturated heterocycles. The first-order valence-corrected chi connectivity index (χ1v) is 8.11. The highest BCUT2D eigenvalue weighted by Crippen LogP contribution is 2.16. The van der Waals surface area contributed by atoms with Gasteiger partial charge in [0.15, 0.2) is 0 Å². The summed E-state index contributed by atoms with van der Waals surface area (Å²) >= 11 is 3.25. The molecule has 0 spiro atoms. The Kier molecular flexibility index (Phi) is 5.39. The molecule has 102 valence electrons. The van der Waals surface area contributed by atoms with Crippen molar-refractivity contribution in [3.63, 3.8) is 0 Å². The third kappa shape index (κ3) is 4.82. The van der Waals surface area contributed by atoms with Crippen molar-refractivity contribution in [2.24, 2.45) is 0 Å². The molecule has 1 fully saturated rings. The van der Waals surface area contributed by atoms with Gasteiger partial charge < -0.3 is 10.1 Å². The quantitative estimate of drug-likeness (QED) is 0.774. The minimum absolute atomic E-state index is 0.0907. The first-order valence-electron chi connectivity index (χ1n) is 5.69. The maximum absolute atomic E-state index is 12.2. The number of alkyl halides is 1. The summed E-state index contributed by atoms with van der Waals surface area (Å²) in [5.74, 6) is 0. The van der Waals surface area contributed by atoms with Crippen molar-refractivity contribution in [2.45, 2.75) is 30.5 Å². The lowest BCUT2D eigenvalue weighted by molar-refractivity contribution is 0.0729. The van der Waals surface area contributed by atoms with Gasteiger partial charge in [0.05, 0.1) is 13.2 Å². The highest BCUT2D eigenvalue weighted by Gasteiger charge is 2.31. The van der Waals surface area contributed by atoms with Crippen molar-refractivity contribution < 1.29 is 13.2 Å². The van der Waals surface area contributed by atoms with Gasteiger partial charge in [-0.3, -0.25) is 0 Å². The van der Waals surface area contributed by atoms with E-state index in [0.29, 0.717) is 32.8 Å². The third-order valence-corrected chi connectivity index (χ3v) is 6.08. The zero-order valence-corrected chi connectivity index (χ0v) is 13.0. The van der Waals surface area contributed by atoms with Crippen LogP contribution in [0.25, 0.3) is 0 Å². The molecule has 0 amide bonds. The molecule has 1 unspecified atom stereocenters. The van der Waals surface area contributed by atoms with Gasteiger partial charge in [0.25, 0.3) is 0 Å². The number of hydrogen-bond acceptors (Lipinski definition) is 4. The molecule has 0 bridgehead atoms. The van der Waals surface area contributed by atoms with E-state index in [2.05, 4.69) is 21.2 Å². The number of ether oxygens (including phenoxy) is 1. The van der Waals surface area contributed by atoms with E-state index in [4.69, 9.17) is 4.74 Å². The first-order chi connectivity index (χ1) is 7.73. The lowest BCUT2D eigenvalue weighted by Crippen LogP contribution is -2.48. The summed E-state index contributed by atoms with van der Waals surface area (Å²) in [7, 11) is -3.28. The summed E-state index contributed by atoms with van der Waals surface area (Å²) in [6.07, 6.45) is 0. The Bertz CT molecular complexity index is 334. The molecule has 0 aromatic carbocycles. The number of nitrogens with zero attached hydrogens (tertiary/aromatic N) is 1. The van der Waals surface area contributed by atoms with E-state index in [0.717, 1.165) is 0 Å². The SMILES string of the molecule is CC(C)(C)NCC(Br)S(=O)(=O)N1CCOCC1. The average molecular weight is 329 g/mol. The standard InChI is InChI=1S/C10H21BrN2O3S/c1-10(2,3)12-8-9(11)17(14,15)13-4-6-16-7-5-13/h9,12H,4-8H2,1-3H3. The van der Waals surface area contributed by atoms with Gasteiger partial charge >= 0.3 is 0 Å². The van der Waals surface area contributed by atoms with Crippen LogP contribution in [0.15, 0.2) is 0 Å². The third-order valence-electron chi connectivity index (χ3n) is 2.45. The van der Waals surface area contributed by atoms with Crippen molar-refractivity contribution in [1.82, 2.24) is 9.62 Å². The number of halogens is 1. The molecule has 7 heteroatoms. The van der Waals surface area contributed by atoms with Crippen LogP contribution >= 0.6 is 15.9 Å². The van der Waals surface area contributed by atoms with Crippen molar-refractivity contribution in [3.8, 4) is 0 Å². The highest BCUT2D eigenvalue weighted by molar-refractivity contribution is 9.11. The zero-order chi connectivity index (χ0) is 13.1. The van der Waals surface area contributed by atoms with Crippen molar-refractivity contribution >= 4 is 26.0 Å². The molecule has 1 rings (SSSR count). The molecular weight excluding hydrogens is 308 g/mol. The first kappa shape index (κ1) is 15.4. The summed E-state index contributed by atoms with van der Waals surface area (Å²) in [6.45, 7) is 8.26. The second-order valence-electron chi connectivity index (χ2n) is 5.10. The molecule has 0 aromatic rings. The van der Waals surface area contributed by atoms with Gasteiger partial charge in [-0.2, -0.15) is 4.31 Å². The van der Waals surface area contributed by atoms with Crippen LogP contribution < -0.4 is 5.32 Å². The topological polar surface area (TPSA) is 58.6 Å². The van der Waals surface area contributed by atoms with Gasteiger partial charge in [-0.05, 0) is 20.8 Å². The molecule has 1 atom stereocenters. The molecular formula is C10H21BrN2O3S. The number of nitrogens with one attached hydrogen (secondary N) is 1. The normalized spacial score (nSPS) is 21.4. The average Bonchev–Trinajstić information content (AvgIpc) is 2.26. The van der Waals surface area contributed by atoms with Crippen LogP contribution in [0, 0.1) is 0 Å². The molecule has 17 heavy (non-hydrogen) atoms. The fraction of sp³-hybridized carbons (Fsp3) is 1.00. The summed E-state index contributed by atoms with van der Waals surface area (Å²) in [6, 6.07) is 0. The molecule has 1 heterocycles. The van der Waals surface area contributed by atoms with Gasteiger partial charge in [-0.25, -0.2) is 8.42 Å². The van der Waals surface area contributed by atoms with E-state index >= 15 is 0 Å². The van der Waals surface area contributed by atoms with E-state index < -0.39 is 14.2 Å². The lowest BCUT2D eigenvalue weighted by Gasteiger charge is -2.29. The largest absolute Gasteiger partial charge is 0.379 e. The van der Waals surface area contributed by atoms with Crippen LogP contribution in [-0.2, 0) is 14.8 Å². The Labute approximate surface area is 112 Å². The van der Waals surface area contributed by atoms with Crippen LogP contribution in [0.5, 0.6) is 0 Å². The number of morpholine rings is 1. The van der Waals surface area contributed by atoms with Gasteiger partial charge in [-0.15, -0.1) is 0 Å². The van der Waals surface area contributed by atoms with Crippen LogP contribution in [-0.4, -0.2) is 55.3 Å².